The minimum Gasteiger partial charge on any atom is -0.445 e. The summed E-state index contributed by atoms with van der Waals surface area (Å²) in [4.78, 5) is 11.6. The number of ether oxygens (including phenoxy) is 1. The monoisotopic (exact) mass is 410 g/mol. The lowest BCUT2D eigenvalue weighted by atomic mass is 10.4. The summed E-state index contributed by atoms with van der Waals surface area (Å²) in [6, 6.07) is 1.96. The highest BCUT2D eigenvalue weighted by Gasteiger charge is 2.23. The van der Waals surface area contributed by atoms with Gasteiger partial charge >= 0.3 is 6.09 Å². The highest BCUT2D eigenvalue weighted by atomic mass is 79.9. The first-order chi connectivity index (χ1) is 7.54. The van der Waals surface area contributed by atoms with Gasteiger partial charge in [0.1, 0.15) is 27.4 Å². The average Bonchev–Trinajstić information content (AvgIpc) is 2.47. The number of carbonyl (C=O) groups excluding carboxylic acids is 1. The molecule has 0 unspecified atom stereocenters. The fourth-order valence-corrected chi connectivity index (χ4v) is 3.03. The van der Waals surface area contributed by atoms with Gasteiger partial charge in [0.05, 0.1) is 4.47 Å². The highest BCUT2D eigenvalue weighted by molar-refractivity contribution is 9.13. The summed E-state index contributed by atoms with van der Waals surface area (Å²) < 4.78 is 7.32. The zero-order valence-electron chi connectivity index (χ0n) is 7.84. The van der Waals surface area contributed by atoms with Crippen molar-refractivity contribution in [3.63, 3.8) is 0 Å². The molecule has 84 valence electrons. The van der Waals surface area contributed by atoms with Crippen LogP contribution in [0.1, 0.15) is 5.56 Å². The normalized spacial score (nSPS) is 9.62. The molecule has 0 N–H and O–H groups in total. The minimum absolute atomic E-state index is 0.107. The Labute approximate surface area is 117 Å². The number of halogens is 3. The van der Waals surface area contributed by atoms with Crippen LogP contribution in [-0.2, 0) is 4.74 Å². The molecule has 16 heavy (non-hydrogen) atoms. The molecular formula is C9H5Br3N2O2. The Balaban J connectivity index is 3.20. The van der Waals surface area contributed by atoms with Gasteiger partial charge in [-0.25, -0.2) is 9.36 Å². The van der Waals surface area contributed by atoms with E-state index in [1.165, 1.54) is 10.6 Å². The van der Waals surface area contributed by atoms with Gasteiger partial charge < -0.3 is 4.74 Å². The average molecular weight is 413 g/mol. The fraction of sp³-hybridized carbons (Fsp3) is 0.111. The van der Waals surface area contributed by atoms with Gasteiger partial charge in [-0.1, -0.05) is 12.7 Å². The van der Waals surface area contributed by atoms with E-state index in [4.69, 9.17) is 10.00 Å². The van der Waals surface area contributed by atoms with E-state index in [1.54, 1.807) is 0 Å². The topological polar surface area (TPSA) is 55.0 Å². The molecule has 4 nitrogen and oxygen atoms in total. The maximum Gasteiger partial charge on any atom is 0.420 e. The quantitative estimate of drug-likeness (QED) is 0.694. The predicted octanol–water partition coefficient (Wildman–Crippen LogP) is 3.82. The predicted molar refractivity (Wildman–Crippen MR) is 69.2 cm³/mol. The van der Waals surface area contributed by atoms with Gasteiger partial charge in [-0.05, 0) is 47.8 Å². The second-order valence-electron chi connectivity index (χ2n) is 2.58. The number of nitriles is 1. The van der Waals surface area contributed by atoms with Gasteiger partial charge in [-0.3, -0.25) is 0 Å². The van der Waals surface area contributed by atoms with Gasteiger partial charge in [0, 0.05) is 0 Å². The number of hydrogen-bond acceptors (Lipinski definition) is 3. The number of aromatic nitrogens is 1. The third kappa shape index (κ3) is 2.39. The first-order valence-electron chi connectivity index (χ1n) is 3.97. The maximum atomic E-state index is 11.6. The standard InChI is InChI=1S/C9H5Br3N2O2/c1-2-3-16-9(15)14-7(11)5(4-13)6(10)8(14)12/h2H,1,3H2. The minimum atomic E-state index is -0.596. The molecule has 0 radical (unpaired) electrons. The van der Waals surface area contributed by atoms with Crippen molar-refractivity contribution in [2.45, 2.75) is 0 Å². The Morgan fingerprint density at radius 2 is 2.12 bits per heavy atom. The SMILES string of the molecule is C=CCOC(=O)n1c(Br)c(Br)c(C#N)c1Br. The van der Waals surface area contributed by atoms with E-state index in [1.807, 2.05) is 6.07 Å². The zero-order chi connectivity index (χ0) is 12.3. The van der Waals surface area contributed by atoms with E-state index in [0.717, 1.165) is 0 Å². The summed E-state index contributed by atoms with van der Waals surface area (Å²) >= 11 is 9.55. The van der Waals surface area contributed by atoms with E-state index in [-0.39, 0.29) is 6.61 Å². The Kier molecular flexibility index (Phi) is 4.77. The molecule has 0 amide bonds. The Bertz CT molecular complexity index is 488. The molecule has 0 spiro atoms. The number of nitrogens with zero attached hydrogens (tertiary/aromatic N) is 2. The van der Waals surface area contributed by atoms with Crippen molar-refractivity contribution in [3.8, 4) is 6.07 Å². The van der Waals surface area contributed by atoms with Crippen LogP contribution in [0.3, 0.4) is 0 Å². The molecule has 0 aliphatic carbocycles. The van der Waals surface area contributed by atoms with Crippen LogP contribution in [0.5, 0.6) is 0 Å². The van der Waals surface area contributed by atoms with Gasteiger partial charge in [0.15, 0.2) is 0 Å². The lowest BCUT2D eigenvalue weighted by Crippen LogP contribution is -2.14. The van der Waals surface area contributed by atoms with Crippen LogP contribution in [0.15, 0.2) is 26.3 Å². The zero-order valence-corrected chi connectivity index (χ0v) is 12.6. The Morgan fingerprint density at radius 1 is 1.50 bits per heavy atom. The molecular weight excluding hydrogens is 408 g/mol. The number of hydrogen-bond donors (Lipinski definition) is 0. The van der Waals surface area contributed by atoms with Crippen molar-refractivity contribution in [2.75, 3.05) is 6.61 Å². The smallest absolute Gasteiger partial charge is 0.420 e. The van der Waals surface area contributed by atoms with E-state index < -0.39 is 6.09 Å². The number of rotatable bonds is 2. The molecule has 0 aliphatic rings. The van der Waals surface area contributed by atoms with Crippen LogP contribution in [0, 0.1) is 11.3 Å². The van der Waals surface area contributed by atoms with E-state index in [9.17, 15) is 4.79 Å². The van der Waals surface area contributed by atoms with Gasteiger partial charge in [0.25, 0.3) is 0 Å². The van der Waals surface area contributed by atoms with Gasteiger partial charge in [0.2, 0.25) is 0 Å². The summed E-state index contributed by atoms with van der Waals surface area (Å²) in [5.74, 6) is 0. The molecule has 1 aromatic rings. The third-order valence-corrected chi connectivity index (χ3v) is 4.42. The van der Waals surface area contributed by atoms with Crippen molar-refractivity contribution in [1.29, 1.82) is 5.26 Å². The fourth-order valence-electron chi connectivity index (χ4n) is 0.940. The van der Waals surface area contributed by atoms with Gasteiger partial charge in [-0.2, -0.15) is 5.26 Å². The second-order valence-corrected chi connectivity index (χ2v) is 4.88. The van der Waals surface area contributed by atoms with Crippen LogP contribution in [0.2, 0.25) is 0 Å². The van der Waals surface area contributed by atoms with Gasteiger partial charge in [-0.15, -0.1) is 0 Å². The molecule has 0 fully saturated rings. The molecule has 0 saturated carbocycles. The first kappa shape index (κ1) is 13.5. The van der Waals surface area contributed by atoms with Crippen LogP contribution in [0.25, 0.3) is 0 Å². The van der Waals surface area contributed by atoms with Crippen molar-refractivity contribution in [2.24, 2.45) is 0 Å². The Morgan fingerprint density at radius 3 is 2.56 bits per heavy atom. The molecule has 0 bridgehead atoms. The molecule has 1 rings (SSSR count). The van der Waals surface area contributed by atoms with Crippen LogP contribution >= 0.6 is 47.8 Å². The first-order valence-corrected chi connectivity index (χ1v) is 6.35. The summed E-state index contributed by atoms with van der Waals surface area (Å²) in [6.07, 6.45) is 0.865. The van der Waals surface area contributed by atoms with Crippen LogP contribution in [0.4, 0.5) is 4.79 Å². The van der Waals surface area contributed by atoms with Crippen molar-refractivity contribution >= 4 is 53.9 Å². The lowest BCUT2D eigenvalue weighted by Gasteiger charge is -2.05. The van der Waals surface area contributed by atoms with E-state index >= 15 is 0 Å². The molecule has 0 aromatic carbocycles. The highest BCUT2D eigenvalue weighted by Crippen LogP contribution is 2.35. The summed E-state index contributed by atoms with van der Waals surface area (Å²) in [6.45, 7) is 3.55. The largest absolute Gasteiger partial charge is 0.445 e. The molecule has 0 atom stereocenters. The maximum absolute atomic E-state index is 11.6. The second kappa shape index (κ2) is 5.66. The van der Waals surface area contributed by atoms with Crippen LogP contribution in [-0.4, -0.2) is 17.3 Å². The van der Waals surface area contributed by atoms with Crippen molar-refractivity contribution in [1.82, 2.24) is 4.57 Å². The summed E-state index contributed by atoms with van der Waals surface area (Å²) in [5.41, 5.74) is 0.322. The molecule has 0 saturated heterocycles. The van der Waals surface area contributed by atoms with E-state index in [2.05, 4.69) is 54.4 Å². The Hall–Kier alpha value is -0.580. The number of carbonyl (C=O) groups is 1. The molecule has 7 heteroatoms. The van der Waals surface area contributed by atoms with Crippen molar-refractivity contribution < 1.29 is 9.53 Å². The summed E-state index contributed by atoms with van der Waals surface area (Å²) in [5, 5.41) is 8.88. The summed E-state index contributed by atoms with van der Waals surface area (Å²) in [7, 11) is 0. The molecule has 1 aromatic heterocycles. The third-order valence-electron chi connectivity index (χ3n) is 1.62. The van der Waals surface area contributed by atoms with E-state index in [0.29, 0.717) is 19.2 Å². The lowest BCUT2D eigenvalue weighted by molar-refractivity contribution is 0.159. The van der Waals surface area contributed by atoms with Crippen LogP contribution < -0.4 is 0 Å². The van der Waals surface area contributed by atoms with Crippen molar-refractivity contribution in [3.05, 3.63) is 31.9 Å². The molecule has 0 aliphatic heterocycles. The molecule has 1 heterocycles.